The predicted molar refractivity (Wildman–Crippen MR) is 90.8 cm³/mol. The third-order valence-electron chi connectivity index (χ3n) is 3.71. The molecule has 0 unspecified atom stereocenters. The van der Waals surface area contributed by atoms with E-state index in [2.05, 4.69) is 10.6 Å². The number of carbonyl (C=O) groups excluding carboxylic acids is 2. The SMILES string of the molecule is CCc1oc(C(=O)NCCNC(=O)c2ccc(C)c(F)c2)cc1C(=O)O. The fraction of sp³-hybridized carbons (Fsp3) is 0.278. The maximum absolute atomic E-state index is 13.5. The molecule has 8 heteroatoms. The molecule has 26 heavy (non-hydrogen) atoms. The number of hydrogen-bond donors (Lipinski definition) is 3. The summed E-state index contributed by atoms with van der Waals surface area (Å²) in [6, 6.07) is 5.33. The second-order valence-corrected chi connectivity index (χ2v) is 5.58. The lowest BCUT2D eigenvalue weighted by molar-refractivity contribution is 0.0693. The summed E-state index contributed by atoms with van der Waals surface area (Å²) >= 11 is 0. The maximum atomic E-state index is 13.5. The van der Waals surface area contributed by atoms with Crippen LogP contribution in [0.5, 0.6) is 0 Å². The first-order valence-electron chi connectivity index (χ1n) is 8.02. The molecular formula is C18H19FN2O5. The first-order valence-corrected chi connectivity index (χ1v) is 8.02. The van der Waals surface area contributed by atoms with Crippen LogP contribution in [0.15, 0.2) is 28.7 Å². The van der Waals surface area contributed by atoms with Crippen molar-refractivity contribution in [2.24, 2.45) is 0 Å². The minimum atomic E-state index is -1.16. The van der Waals surface area contributed by atoms with Crippen molar-refractivity contribution < 1.29 is 28.3 Å². The molecule has 0 aliphatic heterocycles. The Morgan fingerprint density at radius 2 is 1.77 bits per heavy atom. The third-order valence-corrected chi connectivity index (χ3v) is 3.71. The molecule has 0 fully saturated rings. The van der Waals surface area contributed by atoms with Crippen molar-refractivity contribution in [3.8, 4) is 0 Å². The molecule has 3 N–H and O–H groups in total. The lowest BCUT2D eigenvalue weighted by Crippen LogP contribution is -2.34. The Kier molecular flexibility index (Phi) is 6.11. The molecule has 2 rings (SSSR count). The molecule has 0 bridgehead atoms. The van der Waals surface area contributed by atoms with E-state index in [1.54, 1.807) is 13.8 Å². The summed E-state index contributed by atoms with van der Waals surface area (Å²) in [6.07, 6.45) is 0.345. The highest BCUT2D eigenvalue weighted by Gasteiger charge is 2.19. The van der Waals surface area contributed by atoms with Crippen molar-refractivity contribution in [2.75, 3.05) is 13.1 Å². The van der Waals surface area contributed by atoms with E-state index in [1.807, 2.05) is 0 Å². The van der Waals surface area contributed by atoms with Gasteiger partial charge < -0.3 is 20.2 Å². The van der Waals surface area contributed by atoms with Crippen molar-refractivity contribution in [1.29, 1.82) is 0 Å². The molecular weight excluding hydrogens is 343 g/mol. The summed E-state index contributed by atoms with van der Waals surface area (Å²) < 4.78 is 18.7. The second kappa shape index (κ2) is 8.28. The summed E-state index contributed by atoms with van der Waals surface area (Å²) in [6.45, 7) is 3.54. The molecule has 138 valence electrons. The van der Waals surface area contributed by atoms with Gasteiger partial charge in [-0.2, -0.15) is 0 Å². The highest BCUT2D eigenvalue weighted by Crippen LogP contribution is 2.16. The lowest BCUT2D eigenvalue weighted by atomic mass is 10.1. The predicted octanol–water partition coefficient (Wildman–Crippen LogP) is 2.15. The van der Waals surface area contributed by atoms with Crippen molar-refractivity contribution in [2.45, 2.75) is 20.3 Å². The molecule has 1 heterocycles. The minimum Gasteiger partial charge on any atom is -0.478 e. The zero-order valence-corrected chi connectivity index (χ0v) is 14.4. The summed E-state index contributed by atoms with van der Waals surface area (Å²) in [4.78, 5) is 35.0. The summed E-state index contributed by atoms with van der Waals surface area (Å²) in [5, 5.41) is 14.1. The van der Waals surface area contributed by atoms with Crippen LogP contribution in [0.4, 0.5) is 4.39 Å². The molecule has 0 aliphatic rings. The molecule has 0 saturated heterocycles. The Morgan fingerprint density at radius 3 is 2.31 bits per heavy atom. The van der Waals surface area contributed by atoms with E-state index in [4.69, 9.17) is 9.52 Å². The first kappa shape index (κ1) is 19.2. The van der Waals surface area contributed by atoms with Gasteiger partial charge in [-0.05, 0) is 24.6 Å². The number of hydrogen-bond acceptors (Lipinski definition) is 4. The number of amides is 2. The Hall–Kier alpha value is -3.16. The zero-order valence-electron chi connectivity index (χ0n) is 14.4. The van der Waals surface area contributed by atoms with Gasteiger partial charge in [0, 0.05) is 31.1 Å². The van der Waals surface area contributed by atoms with Crippen LogP contribution in [0, 0.1) is 12.7 Å². The number of aryl methyl sites for hydroxylation is 2. The highest BCUT2D eigenvalue weighted by atomic mass is 19.1. The number of aromatic carboxylic acids is 1. The summed E-state index contributed by atoms with van der Waals surface area (Å²) in [7, 11) is 0. The standard InChI is InChI=1S/C18H19FN2O5/c1-3-14-12(18(24)25)9-15(26-14)17(23)21-7-6-20-16(22)11-5-4-10(2)13(19)8-11/h4-5,8-9H,3,6-7H2,1-2H3,(H,20,22)(H,21,23)(H,24,25). The highest BCUT2D eigenvalue weighted by molar-refractivity contribution is 5.96. The molecule has 1 aromatic heterocycles. The van der Waals surface area contributed by atoms with Gasteiger partial charge in [-0.1, -0.05) is 13.0 Å². The average molecular weight is 362 g/mol. The van der Waals surface area contributed by atoms with E-state index < -0.39 is 23.6 Å². The van der Waals surface area contributed by atoms with Crippen LogP contribution in [0.2, 0.25) is 0 Å². The van der Waals surface area contributed by atoms with Gasteiger partial charge in [0.25, 0.3) is 11.8 Å². The van der Waals surface area contributed by atoms with Crippen molar-refractivity contribution in [3.05, 3.63) is 58.3 Å². The Labute approximate surface area is 149 Å². The van der Waals surface area contributed by atoms with Crippen LogP contribution >= 0.6 is 0 Å². The monoisotopic (exact) mass is 362 g/mol. The van der Waals surface area contributed by atoms with Gasteiger partial charge in [0.2, 0.25) is 0 Å². The number of halogens is 1. The van der Waals surface area contributed by atoms with E-state index in [9.17, 15) is 18.8 Å². The Bertz CT molecular complexity index is 844. The van der Waals surface area contributed by atoms with Gasteiger partial charge in [0.15, 0.2) is 5.76 Å². The van der Waals surface area contributed by atoms with Gasteiger partial charge in [0.05, 0.1) is 0 Å². The normalized spacial score (nSPS) is 10.4. The Balaban J connectivity index is 1.85. The summed E-state index contributed by atoms with van der Waals surface area (Å²) in [5.74, 6) is -2.56. The molecule has 0 atom stereocenters. The van der Waals surface area contributed by atoms with E-state index in [1.165, 1.54) is 18.2 Å². The number of carboxylic acid groups (broad SMARTS) is 1. The summed E-state index contributed by atoms with van der Waals surface area (Å²) in [5.41, 5.74) is 0.580. The minimum absolute atomic E-state index is 0.0487. The van der Waals surface area contributed by atoms with Crippen LogP contribution in [0.3, 0.4) is 0 Å². The molecule has 1 aromatic carbocycles. The molecule has 0 radical (unpaired) electrons. The smallest absolute Gasteiger partial charge is 0.339 e. The van der Waals surface area contributed by atoms with E-state index >= 15 is 0 Å². The number of benzene rings is 1. The van der Waals surface area contributed by atoms with Gasteiger partial charge in [-0.25, -0.2) is 9.18 Å². The number of rotatable bonds is 7. The Morgan fingerprint density at radius 1 is 1.12 bits per heavy atom. The molecule has 7 nitrogen and oxygen atoms in total. The molecule has 0 aliphatic carbocycles. The van der Waals surface area contributed by atoms with Crippen LogP contribution in [0.1, 0.15) is 49.5 Å². The molecule has 2 aromatic rings. The fourth-order valence-electron chi connectivity index (χ4n) is 2.26. The molecule has 2 amide bonds. The van der Waals surface area contributed by atoms with Crippen molar-refractivity contribution >= 4 is 17.8 Å². The number of nitrogens with one attached hydrogen (secondary N) is 2. The largest absolute Gasteiger partial charge is 0.478 e. The quantitative estimate of drug-likeness (QED) is 0.654. The lowest BCUT2D eigenvalue weighted by Gasteiger charge is -2.07. The van der Waals surface area contributed by atoms with Crippen LogP contribution in [-0.4, -0.2) is 36.0 Å². The first-order chi connectivity index (χ1) is 12.3. The number of carbonyl (C=O) groups is 3. The second-order valence-electron chi connectivity index (χ2n) is 5.58. The topological polar surface area (TPSA) is 109 Å². The number of carboxylic acids is 1. The van der Waals surface area contributed by atoms with E-state index in [-0.39, 0.29) is 35.7 Å². The van der Waals surface area contributed by atoms with Gasteiger partial charge in [-0.15, -0.1) is 0 Å². The average Bonchev–Trinajstić information content (AvgIpc) is 3.05. The van der Waals surface area contributed by atoms with E-state index in [0.717, 1.165) is 6.07 Å². The third kappa shape index (κ3) is 4.47. The van der Waals surface area contributed by atoms with Gasteiger partial charge in [-0.3, -0.25) is 9.59 Å². The fourth-order valence-corrected chi connectivity index (χ4v) is 2.26. The van der Waals surface area contributed by atoms with Crippen molar-refractivity contribution in [3.63, 3.8) is 0 Å². The maximum Gasteiger partial charge on any atom is 0.339 e. The zero-order chi connectivity index (χ0) is 19.3. The molecule has 0 saturated carbocycles. The number of furan rings is 1. The van der Waals surface area contributed by atoms with Gasteiger partial charge in [0.1, 0.15) is 17.1 Å². The van der Waals surface area contributed by atoms with Crippen molar-refractivity contribution in [1.82, 2.24) is 10.6 Å². The van der Waals surface area contributed by atoms with Crippen LogP contribution in [0.25, 0.3) is 0 Å². The molecule has 0 spiro atoms. The van der Waals surface area contributed by atoms with Crippen LogP contribution in [-0.2, 0) is 6.42 Å². The van der Waals surface area contributed by atoms with E-state index in [0.29, 0.717) is 12.0 Å². The van der Waals surface area contributed by atoms with Crippen LogP contribution < -0.4 is 10.6 Å². The van der Waals surface area contributed by atoms with Gasteiger partial charge >= 0.3 is 5.97 Å².